The number of anilines is 1. The van der Waals surface area contributed by atoms with Crippen LogP contribution < -0.4 is 11.1 Å². The van der Waals surface area contributed by atoms with Crippen molar-refractivity contribution < 1.29 is 0 Å². The van der Waals surface area contributed by atoms with Crippen LogP contribution in [0.15, 0.2) is 30.5 Å². The monoisotopic (exact) mass is 246 g/mol. The molecule has 0 radical (unpaired) electrons. The summed E-state index contributed by atoms with van der Waals surface area (Å²) < 4.78 is 0. The van der Waals surface area contributed by atoms with Crippen molar-refractivity contribution in [1.29, 1.82) is 0 Å². The molecular formula is C14H22N4. The second kappa shape index (κ2) is 5.98. The van der Waals surface area contributed by atoms with Gasteiger partial charge in [0.1, 0.15) is 5.82 Å². The van der Waals surface area contributed by atoms with Crippen molar-refractivity contribution in [3.63, 3.8) is 0 Å². The average Bonchev–Trinajstić information content (AvgIpc) is 2.38. The van der Waals surface area contributed by atoms with Gasteiger partial charge in [-0.1, -0.05) is 11.6 Å². The summed E-state index contributed by atoms with van der Waals surface area (Å²) in [5.41, 5.74) is 8.33. The Hall–Kier alpha value is -1.39. The van der Waals surface area contributed by atoms with Crippen LogP contribution in [0.4, 0.5) is 5.82 Å². The number of nitrogens with one attached hydrogen (secondary N) is 1. The molecule has 1 aliphatic rings. The molecule has 4 nitrogen and oxygen atoms in total. The van der Waals surface area contributed by atoms with Crippen molar-refractivity contribution in [2.24, 2.45) is 0 Å². The molecule has 1 saturated heterocycles. The van der Waals surface area contributed by atoms with Crippen molar-refractivity contribution in [3.05, 3.63) is 36.0 Å². The first-order valence-electron chi connectivity index (χ1n) is 6.48. The average molecular weight is 246 g/mol. The highest BCUT2D eigenvalue weighted by atomic mass is 15.2. The molecular weight excluding hydrogens is 224 g/mol. The van der Waals surface area contributed by atoms with E-state index >= 15 is 0 Å². The molecule has 1 aromatic heterocycles. The molecule has 4 heteroatoms. The van der Waals surface area contributed by atoms with Gasteiger partial charge in [-0.25, -0.2) is 4.98 Å². The van der Waals surface area contributed by atoms with Crippen molar-refractivity contribution in [3.8, 4) is 0 Å². The molecule has 0 bridgehead atoms. The standard InChI is InChI=1S/C14H22N4/c1-11(2)10-13(18-8-6-16-7-9-18)12-4-3-5-17-14(12)15/h3-5,13,16H,1,6-10H2,2H3,(H2,15,17)/t13-/m0/s1. The lowest BCUT2D eigenvalue weighted by Crippen LogP contribution is -2.45. The summed E-state index contributed by atoms with van der Waals surface area (Å²) >= 11 is 0. The van der Waals surface area contributed by atoms with Crippen LogP contribution in [0.1, 0.15) is 24.9 Å². The molecule has 0 saturated carbocycles. The number of pyridine rings is 1. The highest BCUT2D eigenvalue weighted by Crippen LogP contribution is 2.30. The number of nitrogen functional groups attached to an aromatic ring is 1. The Balaban J connectivity index is 2.24. The molecule has 0 aliphatic carbocycles. The van der Waals surface area contributed by atoms with E-state index in [0.29, 0.717) is 11.9 Å². The molecule has 0 unspecified atom stereocenters. The lowest BCUT2D eigenvalue weighted by atomic mass is 9.98. The molecule has 0 aromatic carbocycles. The van der Waals surface area contributed by atoms with Crippen LogP contribution in [-0.4, -0.2) is 36.1 Å². The van der Waals surface area contributed by atoms with E-state index in [1.807, 2.05) is 6.07 Å². The lowest BCUT2D eigenvalue weighted by molar-refractivity contribution is 0.172. The normalized spacial score (nSPS) is 18.5. The van der Waals surface area contributed by atoms with Gasteiger partial charge in [0, 0.05) is 44.0 Å². The van der Waals surface area contributed by atoms with Crippen LogP contribution in [0.2, 0.25) is 0 Å². The number of hydrogen-bond acceptors (Lipinski definition) is 4. The maximum absolute atomic E-state index is 6.02. The Morgan fingerprint density at radius 2 is 2.28 bits per heavy atom. The Morgan fingerprint density at radius 3 is 2.89 bits per heavy atom. The highest BCUT2D eigenvalue weighted by Gasteiger charge is 2.23. The van der Waals surface area contributed by atoms with Gasteiger partial charge < -0.3 is 11.1 Å². The summed E-state index contributed by atoms with van der Waals surface area (Å²) in [6.07, 6.45) is 2.68. The first kappa shape index (κ1) is 13.1. The predicted molar refractivity (Wildman–Crippen MR) is 75.3 cm³/mol. The maximum Gasteiger partial charge on any atom is 0.128 e. The third-order valence-corrected chi connectivity index (χ3v) is 3.36. The Labute approximate surface area is 109 Å². The van der Waals surface area contributed by atoms with Gasteiger partial charge in [0.2, 0.25) is 0 Å². The van der Waals surface area contributed by atoms with Gasteiger partial charge in [-0.3, -0.25) is 4.90 Å². The van der Waals surface area contributed by atoms with Gasteiger partial charge in [-0.15, -0.1) is 6.58 Å². The van der Waals surface area contributed by atoms with E-state index < -0.39 is 0 Å². The third kappa shape index (κ3) is 3.09. The van der Waals surface area contributed by atoms with Gasteiger partial charge >= 0.3 is 0 Å². The Kier molecular flexibility index (Phi) is 4.33. The predicted octanol–water partition coefficient (Wildman–Crippen LogP) is 1.58. The minimum absolute atomic E-state index is 0.304. The number of rotatable bonds is 4. The first-order chi connectivity index (χ1) is 8.68. The Morgan fingerprint density at radius 1 is 1.56 bits per heavy atom. The summed E-state index contributed by atoms with van der Waals surface area (Å²) in [6.45, 7) is 10.3. The fraction of sp³-hybridized carbons (Fsp3) is 0.500. The van der Waals surface area contributed by atoms with Crippen molar-refractivity contribution in [1.82, 2.24) is 15.2 Å². The highest BCUT2D eigenvalue weighted by molar-refractivity contribution is 5.41. The number of nitrogens with two attached hydrogens (primary N) is 1. The van der Waals surface area contributed by atoms with Gasteiger partial charge in [0.25, 0.3) is 0 Å². The largest absolute Gasteiger partial charge is 0.383 e. The zero-order chi connectivity index (χ0) is 13.0. The fourth-order valence-corrected chi connectivity index (χ4v) is 2.47. The molecule has 2 rings (SSSR count). The van der Waals surface area contributed by atoms with E-state index in [2.05, 4.69) is 34.8 Å². The number of piperazine rings is 1. The SMILES string of the molecule is C=C(C)C[C@@H](c1cccnc1N)N1CCNCC1. The van der Waals surface area contributed by atoms with Crippen molar-refractivity contribution in [2.75, 3.05) is 31.9 Å². The maximum atomic E-state index is 6.02. The quantitative estimate of drug-likeness (QED) is 0.792. The molecule has 98 valence electrons. The first-order valence-corrected chi connectivity index (χ1v) is 6.48. The molecule has 0 amide bonds. The van der Waals surface area contributed by atoms with Crippen LogP contribution in [0.25, 0.3) is 0 Å². The summed E-state index contributed by atoms with van der Waals surface area (Å²) in [5, 5.41) is 3.38. The van der Waals surface area contributed by atoms with Crippen LogP contribution in [-0.2, 0) is 0 Å². The second-order valence-corrected chi connectivity index (χ2v) is 4.94. The molecule has 1 atom stereocenters. The summed E-state index contributed by atoms with van der Waals surface area (Å²) in [7, 11) is 0. The fourth-order valence-electron chi connectivity index (χ4n) is 2.47. The number of aromatic nitrogens is 1. The molecule has 3 N–H and O–H groups in total. The molecule has 2 heterocycles. The van der Waals surface area contributed by atoms with Crippen LogP contribution in [0.5, 0.6) is 0 Å². The van der Waals surface area contributed by atoms with Crippen LogP contribution in [0.3, 0.4) is 0 Å². The second-order valence-electron chi connectivity index (χ2n) is 4.94. The van der Waals surface area contributed by atoms with Gasteiger partial charge in [0.15, 0.2) is 0 Å². The molecule has 18 heavy (non-hydrogen) atoms. The van der Waals surface area contributed by atoms with Gasteiger partial charge in [0.05, 0.1) is 0 Å². The minimum atomic E-state index is 0.304. The summed E-state index contributed by atoms with van der Waals surface area (Å²) in [6, 6.07) is 4.34. The van der Waals surface area contributed by atoms with Gasteiger partial charge in [-0.05, 0) is 19.4 Å². The van der Waals surface area contributed by atoms with Crippen LogP contribution >= 0.6 is 0 Å². The van der Waals surface area contributed by atoms with Crippen LogP contribution in [0, 0.1) is 0 Å². The third-order valence-electron chi connectivity index (χ3n) is 3.36. The van der Waals surface area contributed by atoms with E-state index in [9.17, 15) is 0 Å². The van der Waals surface area contributed by atoms with Crippen molar-refractivity contribution in [2.45, 2.75) is 19.4 Å². The molecule has 1 fully saturated rings. The smallest absolute Gasteiger partial charge is 0.128 e. The van der Waals surface area contributed by atoms with E-state index in [4.69, 9.17) is 5.73 Å². The molecule has 1 aromatic rings. The molecule has 1 aliphatic heterocycles. The van der Waals surface area contributed by atoms with Crippen molar-refractivity contribution >= 4 is 5.82 Å². The minimum Gasteiger partial charge on any atom is -0.383 e. The Bertz CT molecular complexity index is 410. The molecule has 0 spiro atoms. The van der Waals surface area contributed by atoms with E-state index in [1.54, 1.807) is 6.20 Å². The zero-order valence-electron chi connectivity index (χ0n) is 11.0. The lowest BCUT2D eigenvalue weighted by Gasteiger charge is -2.35. The zero-order valence-corrected chi connectivity index (χ0v) is 11.0. The topological polar surface area (TPSA) is 54.2 Å². The van der Waals surface area contributed by atoms with E-state index in [-0.39, 0.29) is 0 Å². The summed E-state index contributed by atoms with van der Waals surface area (Å²) in [4.78, 5) is 6.68. The summed E-state index contributed by atoms with van der Waals surface area (Å²) in [5.74, 6) is 0.641. The number of nitrogens with zero attached hydrogens (tertiary/aromatic N) is 2. The van der Waals surface area contributed by atoms with E-state index in [1.165, 1.54) is 5.57 Å². The van der Waals surface area contributed by atoms with E-state index in [0.717, 1.165) is 38.2 Å². The number of hydrogen-bond donors (Lipinski definition) is 2. The van der Waals surface area contributed by atoms with Gasteiger partial charge in [-0.2, -0.15) is 0 Å².